The van der Waals surface area contributed by atoms with E-state index in [-0.39, 0.29) is 18.0 Å². The summed E-state index contributed by atoms with van der Waals surface area (Å²) in [5.74, 6) is 0.610. The molecule has 0 saturated carbocycles. The molecule has 7 nitrogen and oxygen atoms in total. The van der Waals surface area contributed by atoms with E-state index in [0.717, 1.165) is 24.8 Å². The number of carbonyl (C=O) groups excluding carboxylic acids is 1. The molecule has 2 fully saturated rings. The highest BCUT2D eigenvalue weighted by molar-refractivity contribution is 7.87. The summed E-state index contributed by atoms with van der Waals surface area (Å²) in [4.78, 5) is 15.2. The van der Waals surface area contributed by atoms with Crippen LogP contribution in [0.3, 0.4) is 0 Å². The standard InChI is InChI=1S/C19H29N3O4S/c1-13-6-5-7-14(2)22(13)19(23)18-12-17(20-27(24,25)21(18)3)15-8-10-16(26-4)11-9-15/h8-11,13-14,17-18,20H,5-7,12H2,1-4H3. The molecule has 1 aromatic rings. The van der Waals surface area contributed by atoms with Crippen molar-refractivity contribution < 1.29 is 17.9 Å². The van der Waals surface area contributed by atoms with Crippen LogP contribution in [-0.2, 0) is 15.0 Å². The number of nitrogens with one attached hydrogen (secondary N) is 1. The van der Waals surface area contributed by atoms with Gasteiger partial charge in [0.05, 0.1) is 7.11 Å². The molecule has 0 radical (unpaired) electrons. The van der Waals surface area contributed by atoms with E-state index in [1.165, 1.54) is 11.4 Å². The number of amides is 1. The number of likely N-dealkylation sites (N-methyl/N-ethyl adjacent to an activating group) is 1. The molecule has 2 heterocycles. The molecule has 2 saturated heterocycles. The van der Waals surface area contributed by atoms with Crippen molar-refractivity contribution in [2.75, 3.05) is 14.2 Å². The van der Waals surface area contributed by atoms with E-state index in [9.17, 15) is 13.2 Å². The number of methoxy groups -OCH3 is 1. The summed E-state index contributed by atoms with van der Waals surface area (Å²) >= 11 is 0. The Labute approximate surface area is 161 Å². The second kappa shape index (κ2) is 7.77. The zero-order chi connectivity index (χ0) is 19.8. The molecule has 8 heteroatoms. The topological polar surface area (TPSA) is 79.0 Å². The van der Waals surface area contributed by atoms with E-state index >= 15 is 0 Å². The maximum absolute atomic E-state index is 13.3. The fourth-order valence-corrected chi connectivity index (χ4v) is 5.44. The Morgan fingerprint density at radius 3 is 2.30 bits per heavy atom. The first-order chi connectivity index (χ1) is 12.7. The van der Waals surface area contributed by atoms with Gasteiger partial charge in [-0.25, -0.2) is 0 Å². The van der Waals surface area contributed by atoms with Gasteiger partial charge in [0.1, 0.15) is 11.8 Å². The van der Waals surface area contributed by atoms with Crippen LogP contribution in [0, 0.1) is 0 Å². The molecule has 0 bridgehead atoms. The Bertz CT molecular complexity index is 771. The second-order valence-corrected chi connectivity index (χ2v) is 9.35. The van der Waals surface area contributed by atoms with Crippen LogP contribution >= 0.6 is 0 Å². The first-order valence-electron chi connectivity index (χ1n) is 9.46. The summed E-state index contributed by atoms with van der Waals surface area (Å²) in [6, 6.07) is 6.39. The highest BCUT2D eigenvalue weighted by atomic mass is 32.2. The number of likely N-dealkylation sites (tertiary alicyclic amines) is 1. The number of ether oxygens (including phenoxy) is 1. The zero-order valence-electron chi connectivity index (χ0n) is 16.4. The monoisotopic (exact) mass is 395 g/mol. The minimum absolute atomic E-state index is 0.0965. The molecule has 2 aliphatic heterocycles. The number of carbonyl (C=O) groups is 1. The number of piperidine rings is 1. The first-order valence-corrected chi connectivity index (χ1v) is 10.9. The number of hydrogen-bond donors (Lipinski definition) is 1. The van der Waals surface area contributed by atoms with Crippen molar-refractivity contribution in [1.29, 1.82) is 0 Å². The fourth-order valence-electron chi connectivity index (χ4n) is 4.17. The molecule has 0 spiro atoms. The van der Waals surface area contributed by atoms with E-state index in [0.29, 0.717) is 12.2 Å². The van der Waals surface area contributed by atoms with E-state index in [1.54, 1.807) is 19.2 Å². The van der Waals surface area contributed by atoms with Gasteiger partial charge in [0.2, 0.25) is 5.91 Å². The Morgan fingerprint density at radius 2 is 1.74 bits per heavy atom. The van der Waals surface area contributed by atoms with Gasteiger partial charge in [-0.1, -0.05) is 12.1 Å². The van der Waals surface area contributed by atoms with E-state index in [1.807, 2.05) is 30.9 Å². The summed E-state index contributed by atoms with van der Waals surface area (Å²) in [5, 5.41) is 0. The van der Waals surface area contributed by atoms with Crippen LogP contribution in [0.2, 0.25) is 0 Å². The molecule has 1 N–H and O–H groups in total. The van der Waals surface area contributed by atoms with Gasteiger partial charge in [0.15, 0.2) is 0 Å². The van der Waals surface area contributed by atoms with Gasteiger partial charge in [-0.05, 0) is 57.2 Å². The summed E-state index contributed by atoms with van der Waals surface area (Å²) in [6.07, 6.45) is 3.41. The maximum atomic E-state index is 13.3. The van der Waals surface area contributed by atoms with Gasteiger partial charge in [0.25, 0.3) is 10.2 Å². The summed E-state index contributed by atoms with van der Waals surface area (Å²) in [6.45, 7) is 4.09. The quantitative estimate of drug-likeness (QED) is 0.850. The summed E-state index contributed by atoms with van der Waals surface area (Å²) in [7, 11) is -0.671. The van der Waals surface area contributed by atoms with Crippen LogP contribution in [0.15, 0.2) is 24.3 Å². The number of benzene rings is 1. The van der Waals surface area contributed by atoms with Crippen molar-refractivity contribution in [3.8, 4) is 5.75 Å². The SMILES string of the molecule is COc1ccc(C2CC(C(=O)N3C(C)CCCC3C)N(C)S(=O)(=O)N2)cc1. The van der Waals surface area contributed by atoms with Crippen LogP contribution in [0.5, 0.6) is 5.75 Å². The lowest BCUT2D eigenvalue weighted by Gasteiger charge is -2.44. The van der Waals surface area contributed by atoms with E-state index in [2.05, 4.69) is 4.72 Å². The van der Waals surface area contributed by atoms with Crippen LogP contribution < -0.4 is 9.46 Å². The second-order valence-electron chi connectivity index (χ2n) is 7.59. The maximum Gasteiger partial charge on any atom is 0.280 e. The molecular formula is C19H29N3O4S. The predicted molar refractivity (Wildman–Crippen MR) is 104 cm³/mol. The van der Waals surface area contributed by atoms with Crippen molar-refractivity contribution >= 4 is 16.1 Å². The lowest BCUT2D eigenvalue weighted by Crippen LogP contribution is -2.60. The number of hydrogen-bond acceptors (Lipinski definition) is 4. The molecule has 2 aliphatic rings. The first kappa shape index (κ1) is 20.1. The van der Waals surface area contributed by atoms with Crippen LogP contribution in [0.4, 0.5) is 0 Å². The zero-order valence-corrected chi connectivity index (χ0v) is 17.2. The van der Waals surface area contributed by atoms with E-state index < -0.39 is 22.3 Å². The largest absolute Gasteiger partial charge is 0.497 e. The summed E-state index contributed by atoms with van der Waals surface area (Å²) < 4.78 is 34.4. The van der Waals surface area contributed by atoms with Gasteiger partial charge in [-0.3, -0.25) is 4.79 Å². The lowest BCUT2D eigenvalue weighted by atomic mass is 9.94. The molecule has 3 rings (SSSR count). The van der Waals surface area contributed by atoms with Gasteiger partial charge in [-0.2, -0.15) is 17.4 Å². The Morgan fingerprint density at radius 1 is 1.15 bits per heavy atom. The van der Waals surface area contributed by atoms with E-state index in [4.69, 9.17) is 4.74 Å². The van der Waals surface area contributed by atoms with Crippen LogP contribution in [-0.4, -0.2) is 55.8 Å². The average molecular weight is 396 g/mol. The predicted octanol–water partition coefficient (Wildman–Crippen LogP) is 2.06. The Balaban J connectivity index is 1.87. The van der Waals surface area contributed by atoms with Crippen LogP contribution in [0.1, 0.15) is 51.1 Å². The molecule has 0 aliphatic carbocycles. The number of nitrogens with zero attached hydrogens (tertiary/aromatic N) is 2. The third-order valence-electron chi connectivity index (χ3n) is 5.82. The Hall–Kier alpha value is -1.64. The highest BCUT2D eigenvalue weighted by Crippen LogP contribution is 2.32. The lowest BCUT2D eigenvalue weighted by molar-refractivity contribution is -0.142. The normalized spacial score (nSPS) is 31.5. The third kappa shape index (κ3) is 3.97. The summed E-state index contributed by atoms with van der Waals surface area (Å²) in [5.41, 5.74) is 0.824. The van der Waals surface area contributed by atoms with Crippen molar-refractivity contribution in [2.24, 2.45) is 0 Å². The molecule has 1 amide bonds. The van der Waals surface area contributed by atoms with Gasteiger partial charge in [-0.15, -0.1) is 0 Å². The Kier molecular flexibility index (Phi) is 5.79. The van der Waals surface area contributed by atoms with Crippen molar-refractivity contribution in [3.63, 3.8) is 0 Å². The smallest absolute Gasteiger partial charge is 0.280 e. The molecule has 4 unspecified atom stereocenters. The molecule has 4 atom stereocenters. The van der Waals surface area contributed by atoms with Gasteiger partial charge < -0.3 is 9.64 Å². The van der Waals surface area contributed by atoms with Gasteiger partial charge >= 0.3 is 0 Å². The van der Waals surface area contributed by atoms with Crippen molar-refractivity contribution in [3.05, 3.63) is 29.8 Å². The minimum Gasteiger partial charge on any atom is -0.497 e. The molecule has 1 aromatic carbocycles. The van der Waals surface area contributed by atoms with Crippen LogP contribution in [0.25, 0.3) is 0 Å². The van der Waals surface area contributed by atoms with Gasteiger partial charge in [0, 0.05) is 25.2 Å². The average Bonchev–Trinajstić information content (AvgIpc) is 2.63. The highest BCUT2D eigenvalue weighted by Gasteiger charge is 2.44. The molecule has 0 aromatic heterocycles. The number of rotatable bonds is 3. The molecule has 150 valence electrons. The molecule has 27 heavy (non-hydrogen) atoms. The van der Waals surface area contributed by atoms with Crippen molar-refractivity contribution in [2.45, 2.75) is 63.7 Å². The molecular weight excluding hydrogens is 366 g/mol. The fraction of sp³-hybridized carbons (Fsp3) is 0.632. The minimum atomic E-state index is -3.74. The van der Waals surface area contributed by atoms with Crippen molar-refractivity contribution in [1.82, 2.24) is 13.9 Å². The third-order valence-corrected chi connectivity index (χ3v) is 7.41.